The van der Waals surface area contributed by atoms with Gasteiger partial charge in [0.05, 0.1) is 16.9 Å². The van der Waals surface area contributed by atoms with Crippen molar-refractivity contribution >= 4 is 11.4 Å². The number of nitrogens with one attached hydrogen (secondary N) is 2. The first-order valence-corrected chi connectivity index (χ1v) is 9.04. The lowest BCUT2D eigenvalue weighted by atomic mass is 9.86. The van der Waals surface area contributed by atoms with Crippen LogP contribution in [0, 0.1) is 0 Å². The lowest BCUT2D eigenvalue weighted by molar-refractivity contribution is 0.422. The maximum Gasteiger partial charge on any atom is 0.228 e. The number of nitrogens with zero attached hydrogens (tertiary/aromatic N) is 1. The van der Waals surface area contributed by atoms with Gasteiger partial charge < -0.3 is 15.4 Å². The zero-order valence-corrected chi connectivity index (χ0v) is 15.8. The molecule has 0 saturated heterocycles. The lowest BCUT2D eigenvalue weighted by Crippen LogP contribution is -2.48. The van der Waals surface area contributed by atoms with Crippen molar-refractivity contribution in [3.8, 4) is 11.6 Å². The molecule has 0 bridgehead atoms. The Labute approximate surface area is 159 Å². The monoisotopic (exact) mass is 360 g/mol. The van der Waals surface area contributed by atoms with Gasteiger partial charge in [0.2, 0.25) is 5.88 Å². The van der Waals surface area contributed by atoms with Gasteiger partial charge in [-0.1, -0.05) is 51.1 Å². The summed E-state index contributed by atoms with van der Waals surface area (Å²) in [5.74, 6) is 0.262. The predicted molar refractivity (Wildman–Crippen MR) is 109 cm³/mol. The summed E-state index contributed by atoms with van der Waals surface area (Å²) in [4.78, 5) is 4.47. The van der Waals surface area contributed by atoms with Gasteiger partial charge in [-0.05, 0) is 35.7 Å². The molecule has 0 saturated carbocycles. The first-order valence-electron chi connectivity index (χ1n) is 9.04. The van der Waals surface area contributed by atoms with Gasteiger partial charge in [-0.2, -0.15) is 0 Å². The van der Waals surface area contributed by atoms with Crippen molar-refractivity contribution in [3.63, 3.8) is 0 Å². The molecule has 138 valence electrons. The second-order valence-corrected chi connectivity index (χ2v) is 7.81. The Morgan fingerprint density at radius 1 is 0.889 bits per heavy atom. The van der Waals surface area contributed by atoms with Gasteiger partial charge in [-0.25, -0.2) is 4.98 Å². The number of pyridine rings is 1. The van der Waals surface area contributed by atoms with Crippen molar-refractivity contribution in [2.45, 2.75) is 32.0 Å². The highest BCUT2D eigenvalue weighted by Gasteiger charge is 2.37. The molecule has 2 heterocycles. The van der Waals surface area contributed by atoms with E-state index in [0.717, 1.165) is 28.3 Å². The van der Waals surface area contributed by atoms with Crippen LogP contribution in [-0.4, -0.2) is 4.98 Å². The van der Waals surface area contributed by atoms with Crippen molar-refractivity contribution in [3.05, 3.63) is 78.0 Å². The molecule has 27 heavy (non-hydrogen) atoms. The average molecular weight is 360 g/mol. The highest BCUT2D eigenvalue weighted by atomic mass is 16.5. The zero-order chi connectivity index (χ0) is 19.1. The van der Waals surface area contributed by atoms with Gasteiger partial charge >= 0.3 is 0 Å². The van der Waals surface area contributed by atoms with Crippen LogP contribution in [0.1, 0.15) is 31.9 Å². The van der Waals surface area contributed by atoms with E-state index >= 15 is 0 Å². The summed E-state index contributed by atoms with van der Waals surface area (Å²) >= 11 is 0. The van der Waals surface area contributed by atoms with E-state index in [1.165, 1.54) is 0 Å². The number of anilines is 2. The fraction of sp³-hybridized carbons (Fsp3) is 0.227. The molecule has 1 aromatic heterocycles. The van der Waals surface area contributed by atoms with Gasteiger partial charge in [0, 0.05) is 11.8 Å². The van der Waals surface area contributed by atoms with E-state index in [1.807, 2.05) is 54.6 Å². The van der Waals surface area contributed by atoms with E-state index in [-0.39, 0.29) is 5.41 Å². The Kier molecular flexibility index (Phi) is 4.04. The molecule has 5 nitrogen and oxygen atoms in total. The van der Waals surface area contributed by atoms with Crippen molar-refractivity contribution in [2.24, 2.45) is 5.73 Å². The molecular weight excluding hydrogens is 336 g/mol. The molecule has 0 fully saturated rings. The number of nitrogens with two attached hydrogens (primary N) is 1. The average Bonchev–Trinajstić information content (AvgIpc) is 2.99. The predicted octanol–water partition coefficient (Wildman–Crippen LogP) is 4.78. The highest BCUT2D eigenvalue weighted by molar-refractivity contribution is 5.77. The molecule has 0 unspecified atom stereocenters. The van der Waals surface area contributed by atoms with E-state index in [4.69, 9.17) is 10.5 Å². The fourth-order valence-corrected chi connectivity index (χ4v) is 3.34. The zero-order valence-electron chi connectivity index (χ0n) is 15.8. The van der Waals surface area contributed by atoms with Crippen molar-refractivity contribution < 1.29 is 4.74 Å². The van der Waals surface area contributed by atoms with Crippen LogP contribution in [0.25, 0.3) is 0 Å². The SMILES string of the molecule is CC(C)(C)c1ccccc1Oc1ncccc1C1(N)Nc2ccccc2N1. The second kappa shape index (κ2) is 6.28. The Hall–Kier alpha value is -3.05. The maximum atomic E-state index is 6.67. The number of rotatable bonds is 3. The number of benzene rings is 2. The topological polar surface area (TPSA) is 72.2 Å². The van der Waals surface area contributed by atoms with Crippen LogP contribution < -0.4 is 21.1 Å². The van der Waals surface area contributed by atoms with Crippen LogP contribution in [0.15, 0.2) is 66.9 Å². The maximum absolute atomic E-state index is 6.67. The molecule has 1 aliphatic heterocycles. The summed E-state index contributed by atoms with van der Waals surface area (Å²) in [6.07, 6.45) is 1.71. The number of ether oxygens (including phenoxy) is 1. The molecule has 1 aliphatic rings. The van der Waals surface area contributed by atoms with Crippen LogP contribution >= 0.6 is 0 Å². The summed E-state index contributed by atoms with van der Waals surface area (Å²) in [7, 11) is 0. The minimum absolute atomic E-state index is 0.0496. The van der Waals surface area contributed by atoms with Gasteiger partial charge in [-0.3, -0.25) is 5.73 Å². The summed E-state index contributed by atoms with van der Waals surface area (Å²) in [6, 6.07) is 19.7. The molecule has 3 aromatic rings. The summed E-state index contributed by atoms with van der Waals surface area (Å²) in [5, 5.41) is 6.69. The van der Waals surface area contributed by atoms with Crippen molar-refractivity contribution in [1.82, 2.24) is 4.98 Å². The molecule has 5 heteroatoms. The first-order chi connectivity index (χ1) is 12.9. The number of hydrogen-bond acceptors (Lipinski definition) is 5. The number of para-hydroxylation sites is 3. The molecule has 0 aliphatic carbocycles. The van der Waals surface area contributed by atoms with E-state index < -0.39 is 5.79 Å². The smallest absolute Gasteiger partial charge is 0.228 e. The van der Waals surface area contributed by atoms with E-state index in [9.17, 15) is 0 Å². The van der Waals surface area contributed by atoms with Gasteiger partial charge in [0.1, 0.15) is 5.75 Å². The van der Waals surface area contributed by atoms with Crippen molar-refractivity contribution in [2.75, 3.05) is 10.6 Å². The standard InChI is InChI=1S/C22H24N4O/c1-21(2,3)15-9-4-7-13-19(15)27-20-16(10-8-14-24-20)22(23)25-17-11-5-6-12-18(17)26-22/h4-14,25-26H,23H2,1-3H3. The van der Waals surface area contributed by atoms with Crippen LogP contribution in [0.2, 0.25) is 0 Å². The lowest BCUT2D eigenvalue weighted by Gasteiger charge is -2.28. The molecule has 0 radical (unpaired) electrons. The quantitative estimate of drug-likeness (QED) is 0.627. The summed E-state index contributed by atoms with van der Waals surface area (Å²) in [5.41, 5.74) is 10.4. The van der Waals surface area contributed by atoms with Gasteiger partial charge in [-0.15, -0.1) is 0 Å². The molecule has 0 spiro atoms. The number of hydrogen-bond donors (Lipinski definition) is 3. The Morgan fingerprint density at radius 3 is 2.19 bits per heavy atom. The largest absolute Gasteiger partial charge is 0.438 e. The van der Waals surface area contributed by atoms with Crippen LogP contribution in [0.5, 0.6) is 11.6 Å². The number of aromatic nitrogens is 1. The Bertz CT molecular complexity index is 953. The summed E-state index contributed by atoms with van der Waals surface area (Å²) in [6.45, 7) is 6.49. The molecule has 4 rings (SSSR count). The third-order valence-corrected chi connectivity index (χ3v) is 4.69. The molecule has 0 amide bonds. The van der Waals surface area contributed by atoms with E-state index in [1.54, 1.807) is 6.20 Å². The second-order valence-electron chi connectivity index (χ2n) is 7.81. The van der Waals surface area contributed by atoms with Gasteiger partial charge in [0.25, 0.3) is 0 Å². The Balaban J connectivity index is 1.72. The third-order valence-electron chi connectivity index (χ3n) is 4.69. The molecular formula is C22H24N4O. The fourth-order valence-electron chi connectivity index (χ4n) is 3.34. The minimum Gasteiger partial charge on any atom is -0.438 e. The first kappa shape index (κ1) is 17.4. The van der Waals surface area contributed by atoms with Gasteiger partial charge in [0.15, 0.2) is 5.79 Å². The minimum atomic E-state index is -0.996. The number of fused-ring (bicyclic) bond motifs is 1. The van der Waals surface area contributed by atoms with E-state index in [2.05, 4.69) is 42.5 Å². The van der Waals surface area contributed by atoms with Crippen LogP contribution in [-0.2, 0) is 11.2 Å². The summed E-state index contributed by atoms with van der Waals surface area (Å²) < 4.78 is 6.27. The molecule has 0 atom stereocenters. The molecule has 2 aromatic carbocycles. The third kappa shape index (κ3) is 3.22. The van der Waals surface area contributed by atoms with Crippen molar-refractivity contribution in [1.29, 1.82) is 0 Å². The molecule has 4 N–H and O–H groups in total. The highest BCUT2D eigenvalue weighted by Crippen LogP contribution is 2.40. The van der Waals surface area contributed by atoms with Crippen LogP contribution in [0.4, 0.5) is 11.4 Å². The van der Waals surface area contributed by atoms with Crippen LogP contribution in [0.3, 0.4) is 0 Å². The van der Waals surface area contributed by atoms with E-state index in [0.29, 0.717) is 5.88 Å². The normalized spacial score (nSPS) is 14.8. The Morgan fingerprint density at radius 2 is 1.52 bits per heavy atom.